The Morgan fingerprint density at radius 1 is 1.29 bits per heavy atom. The number of aromatic nitrogens is 2. The zero-order valence-electron chi connectivity index (χ0n) is 12.9. The highest BCUT2D eigenvalue weighted by atomic mass is 35.5. The van der Waals surface area contributed by atoms with Crippen LogP contribution in [-0.2, 0) is 17.6 Å². The molecule has 1 aliphatic rings. The minimum absolute atomic E-state index is 0.103. The van der Waals surface area contributed by atoms with E-state index < -0.39 is 5.25 Å². The SMILES string of the molecule is C[C@H](Sc1nc2c(c(=O)[nH]1)CCC2)C(=O)Nc1cc(Cl)cc(Cl)c1. The number of aromatic amines is 1. The molecule has 1 aromatic heterocycles. The van der Waals surface area contributed by atoms with Gasteiger partial charge in [0, 0.05) is 21.3 Å². The van der Waals surface area contributed by atoms with Crippen molar-refractivity contribution in [3.8, 4) is 0 Å². The van der Waals surface area contributed by atoms with Crippen LogP contribution in [0.4, 0.5) is 5.69 Å². The second kappa shape index (κ2) is 7.17. The van der Waals surface area contributed by atoms with Gasteiger partial charge in [-0.2, -0.15) is 0 Å². The molecule has 3 rings (SSSR count). The first-order valence-corrected chi connectivity index (χ1v) is 9.11. The summed E-state index contributed by atoms with van der Waals surface area (Å²) in [7, 11) is 0. The van der Waals surface area contributed by atoms with Gasteiger partial charge in [0.05, 0.1) is 10.9 Å². The Hall–Kier alpha value is -1.50. The minimum Gasteiger partial charge on any atom is -0.325 e. The van der Waals surface area contributed by atoms with Crippen molar-refractivity contribution >= 4 is 46.6 Å². The Kier molecular flexibility index (Phi) is 5.18. The van der Waals surface area contributed by atoms with E-state index in [0.717, 1.165) is 30.5 Å². The molecule has 1 heterocycles. The largest absolute Gasteiger partial charge is 0.325 e. The molecular weight excluding hydrogens is 369 g/mol. The number of H-pyrrole nitrogens is 1. The van der Waals surface area contributed by atoms with Crippen LogP contribution in [0.2, 0.25) is 10.0 Å². The highest BCUT2D eigenvalue weighted by Gasteiger charge is 2.20. The number of carbonyl (C=O) groups excluding carboxylic acids is 1. The van der Waals surface area contributed by atoms with Crippen LogP contribution >= 0.6 is 35.0 Å². The fourth-order valence-corrected chi connectivity index (χ4v) is 3.91. The molecule has 5 nitrogen and oxygen atoms in total. The van der Waals surface area contributed by atoms with Crippen molar-refractivity contribution in [2.45, 2.75) is 36.6 Å². The highest BCUT2D eigenvalue weighted by molar-refractivity contribution is 8.00. The number of nitrogens with one attached hydrogen (secondary N) is 2. The van der Waals surface area contributed by atoms with Crippen molar-refractivity contribution in [3.63, 3.8) is 0 Å². The summed E-state index contributed by atoms with van der Waals surface area (Å²) in [5, 5.41) is 3.68. The van der Waals surface area contributed by atoms with Crippen molar-refractivity contribution in [1.29, 1.82) is 0 Å². The van der Waals surface area contributed by atoms with Crippen molar-refractivity contribution < 1.29 is 4.79 Å². The van der Waals surface area contributed by atoms with Crippen molar-refractivity contribution in [2.24, 2.45) is 0 Å². The summed E-state index contributed by atoms with van der Waals surface area (Å²) >= 11 is 13.1. The topological polar surface area (TPSA) is 74.8 Å². The van der Waals surface area contributed by atoms with Gasteiger partial charge in [0.2, 0.25) is 5.91 Å². The van der Waals surface area contributed by atoms with Crippen LogP contribution in [0.5, 0.6) is 0 Å². The number of thioether (sulfide) groups is 1. The Bertz CT molecular complexity index is 833. The van der Waals surface area contributed by atoms with Gasteiger partial charge in [-0.05, 0) is 44.4 Å². The Balaban J connectivity index is 1.70. The van der Waals surface area contributed by atoms with E-state index >= 15 is 0 Å². The molecule has 0 saturated heterocycles. The first-order chi connectivity index (χ1) is 11.4. The maximum Gasteiger partial charge on any atom is 0.254 e. The Morgan fingerprint density at radius 2 is 2.00 bits per heavy atom. The number of anilines is 1. The van der Waals surface area contributed by atoms with Crippen LogP contribution in [-0.4, -0.2) is 21.1 Å². The van der Waals surface area contributed by atoms with Gasteiger partial charge in [0.25, 0.3) is 5.56 Å². The van der Waals surface area contributed by atoms with E-state index in [0.29, 0.717) is 20.9 Å². The molecule has 0 aliphatic heterocycles. The van der Waals surface area contributed by atoms with Crippen LogP contribution < -0.4 is 10.9 Å². The molecule has 2 aromatic rings. The minimum atomic E-state index is -0.439. The molecule has 0 bridgehead atoms. The number of amides is 1. The molecular formula is C16H15Cl2N3O2S. The average Bonchev–Trinajstić information content (AvgIpc) is 2.94. The van der Waals surface area contributed by atoms with E-state index in [1.165, 1.54) is 11.8 Å². The summed E-state index contributed by atoms with van der Waals surface area (Å²) in [5.74, 6) is -0.221. The van der Waals surface area contributed by atoms with Gasteiger partial charge in [-0.1, -0.05) is 35.0 Å². The number of benzene rings is 1. The summed E-state index contributed by atoms with van der Waals surface area (Å²) in [6.07, 6.45) is 2.54. The molecule has 0 unspecified atom stereocenters. The number of nitrogens with zero attached hydrogens (tertiary/aromatic N) is 1. The highest BCUT2D eigenvalue weighted by Crippen LogP contribution is 2.25. The molecule has 0 fully saturated rings. The summed E-state index contributed by atoms with van der Waals surface area (Å²) in [5.41, 5.74) is 2.04. The van der Waals surface area contributed by atoms with Gasteiger partial charge in [-0.3, -0.25) is 9.59 Å². The fraction of sp³-hybridized carbons (Fsp3) is 0.312. The first-order valence-electron chi connectivity index (χ1n) is 7.48. The van der Waals surface area contributed by atoms with Crippen LogP contribution in [0.25, 0.3) is 0 Å². The van der Waals surface area contributed by atoms with Crippen molar-refractivity contribution in [3.05, 3.63) is 49.9 Å². The summed E-state index contributed by atoms with van der Waals surface area (Å²) < 4.78 is 0. The molecule has 0 radical (unpaired) electrons. The Morgan fingerprint density at radius 3 is 2.71 bits per heavy atom. The summed E-state index contributed by atoms with van der Waals surface area (Å²) in [6.45, 7) is 1.75. The molecule has 1 amide bonds. The van der Waals surface area contributed by atoms with Gasteiger partial charge < -0.3 is 10.3 Å². The lowest BCUT2D eigenvalue weighted by molar-refractivity contribution is -0.115. The predicted octanol–water partition coefficient (Wildman–Crippen LogP) is 3.68. The number of carbonyl (C=O) groups is 1. The first kappa shape index (κ1) is 17.3. The lowest BCUT2D eigenvalue weighted by Gasteiger charge is -2.12. The van der Waals surface area contributed by atoms with Gasteiger partial charge in [0.15, 0.2) is 5.16 Å². The number of halogens is 2. The monoisotopic (exact) mass is 383 g/mol. The van der Waals surface area contributed by atoms with Crippen LogP contribution in [0.3, 0.4) is 0 Å². The molecule has 8 heteroatoms. The van der Waals surface area contributed by atoms with Gasteiger partial charge in [-0.25, -0.2) is 4.98 Å². The zero-order valence-corrected chi connectivity index (χ0v) is 15.2. The number of hydrogen-bond donors (Lipinski definition) is 2. The van der Waals surface area contributed by atoms with Gasteiger partial charge in [-0.15, -0.1) is 0 Å². The third-order valence-corrected chi connectivity index (χ3v) is 5.13. The molecule has 1 atom stereocenters. The lowest BCUT2D eigenvalue weighted by Crippen LogP contribution is -2.23. The number of aryl methyl sites for hydroxylation is 1. The van der Waals surface area contributed by atoms with E-state index in [2.05, 4.69) is 15.3 Å². The van der Waals surface area contributed by atoms with Crippen LogP contribution in [0.1, 0.15) is 24.6 Å². The zero-order chi connectivity index (χ0) is 17.3. The quantitative estimate of drug-likeness (QED) is 0.623. The molecule has 0 spiro atoms. The van der Waals surface area contributed by atoms with Crippen molar-refractivity contribution in [2.75, 3.05) is 5.32 Å². The van der Waals surface area contributed by atoms with Crippen LogP contribution in [0.15, 0.2) is 28.2 Å². The summed E-state index contributed by atoms with van der Waals surface area (Å²) in [4.78, 5) is 31.5. The van der Waals surface area contributed by atoms with Crippen LogP contribution in [0, 0.1) is 0 Å². The Labute approximate surface area is 153 Å². The van der Waals surface area contributed by atoms with E-state index in [4.69, 9.17) is 23.2 Å². The fourth-order valence-electron chi connectivity index (χ4n) is 2.57. The molecule has 2 N–H and O–H groups in total. The average molecular weight is 384 g/mol. The predicted molar refractivity (Wildman–Crippen MR) is 97.3 cm³/mol. The van der Waals surface area contributed by atoms with E-state index in [1.54, 1.807) is 25.1 Å². The van der Waals surface area contributed by atoms with Crippen molar-refractivity contribution in [1.82, 2.24) is 9.97 Å². The molecule has 24 heavy (non-hydrogen) atoms. The van der Waals surface area contributed by atoms with E-state index in [9.17, 15) is 9.59 Å². The third kappa shape index (κ3) is 3.94. The van der Waals surface area contributed by atoms with Gasteiger partial charge >= 0.3 is 0 Å². The third-order valence-electron chi connectivity index (χ3n) is 3.71. The second-order valence-corrected chi connectivity index (χ2v) is 7.76. The molecule has 1 aliphatic carbocycles. The summed E-state index contributed by atoms with van der Waals surface area (Å²) in [6, 6.07) is 4.84. The van der Waals surface area contributed by atoms with E-state index in [-0.39, 0.29) is 11.5 Å². The maximum absolute atomic E-state index is 12.3. The molecule has 1 aromatic carbocycles. The standard InChI is InChI=1S/C16H15Cl2N3O2S/c1-8(14(22)19-11-6-9(17)5-10(18)7-11)24-16-20-13-4-2-3-12(13)15(23)21-16/h5-8H,2-4H2,1H3,(H,19,22)(H,20,21,23)/t8-/m0/s1. The lowest BCUT2D eigenvalue weighted by atomic mass is 10.3. The number of fused-ring (bicyclic) bond motifs is 1. The maximum atomic E-state index is 12.3. The second-order valence-electron chi connectivity index (χ2n) is 5.56. The number of hydrogen-bond acceptors (Lipinski definition) is 4. The molecule has 126 valence electrons. The number of rotatable bonds is 4. The van der Waals surface area contributed by atoms with Gasteiger partial charge in [0.1, 0.15) is 0 Å². The normalized spacial score (nSPS) is 14.3. The molecule has 0 saturated carbocycles. The van der Waals surface area contributed by atoms with E-state index in [1.807, 2.05) is 0 Å². The smallest absolute Gasteiger partial charge is 0.254 e.